The summed E-state index contributed by atoms with van der Waals surface area (Å²) in [6, 6.07) is 66.3. The predicted octanol–water partition coefficient (Wildman–Crippen LogP) is 12.6. The summed E-state index contributed by atoms with van der Waals surface area (Å²) in [5.41, 5.74) is 17.3. The van der Waals surface area contributed by atoms with Crippen LogP contribution < -0.4 is 5.32 Å². The van der Waals surface area contributed by atoms with E-state index in [-0.39, 0.29) is 6.04 Å². The first kappa shape index (κ1) is 31.5. The van der Waals surface area contributed by atoms with E-state index in [2.05, 4.69) is 212 Å². The summed E-state index contributed by atoms with van der Waals surface area (Å²) >= 11 is 0. The van der Waals surface area contributed by atoms with Crippen LogP contribution in [-0.4, -0.2) is 4.98 Å². The lowest BCUT2D eigenvalue weighted by atomic mass is 9.67. The number of aromatic nitrogens is 1. The number of benzene rings is 7. The van der Waals surface area contributed by atoms with Crippen molar-refractivity contribution in [2.24, 2.45) is 0 Å². The van der Waals surface area contributed by atoms with Gasteiger partial charge in [-0.2, -0.15) is 0 Å². The molecule has 11 rings (SSSR count). The maximum Gasteiger partial charge on any atom is 0.0946 e. The summed E-state index contributed by atoms with van der Waals surface area (Å²) in [7, 11) is 0. The van der Waals surface area contributed by atoms with Crippen molar-refractivity contribution in [1.82, 2.24) is 10.3 Å². The Balaban J connectivity index is 1.17. The van der Waals surface area contributed by atoms with Crippen molar-refractivity contribution >= 4 is 22.5 Å². The zero-order chi connectivity index (χ0) is 36.3. The minimum absolute atomic E-state index is 0.0858. The molecule has 0 spiro atoms. The number of hydrogen-bond donors (Lipinski definition) is 1. The maximum atomic E-state index is 5.31. The van der Waals surface area contributed by atoms with Crippen molar-refractivity contribution in [2.45, 2.75) is 11.5 Å². The van der Waals surface area contributed by atoms with Crippen LogP contribution in [-0.2, 0) is 5.41 Å². The van der Waals surface area contributed by atoms with Gasteiger partial charge < -0.3 is 5.32 Å². The van der Waals surface area contributed by atoms with Crippen molar-refractivity contribution in [3.05, 3.63) is 245 Å². The molecule has 2 aliphatic carbocycles. The quantitative estimate of drug-likeness (QED) is 0.193. The first-order valence-corrected chi connectivity index (χ1v) is 19.1. The highest BCUT2D eigenvalue weighted by molar-refractivity contribution is 6.02. The topological polar surface area (TPSA) is 24.9 Å². The number of nitrogens with zero attached hydrogens (tertiary/aromatic N) is 1. The molecule has 3 aliphatic rings. The van der Waals surface area contributed by atoms with Crippen molar-refractivity contribution in [2.75, 3.05) is 0 Å². The number of allylic oxidation sites excluding steroid dienone is 2. The average Bonchev–Trinajstić information content (AvgIpc) is 3.56. The van der Waals surface area contributed by atoms with Gasteiger partial charge in [0.05, 0.1) is 22.8 Å². The van der Waals surface area contributed by atoms with E-state index in [9.17, 15) is 0 Å². The number of fused-ring (bicyclic) bond motifs is 7. The van der Waals surface area contributed by atoms with Gasteiger partial charge in [0.1, 0.15) is 0 Å². The molecule has 0 fully saturated rings. The van der Waals surface area contributed by atoms with E-state index in [4.69, 9.17) is 4.98 Å². The smallest absolute Gasteiger partial charge is 0.0946 e. The van der Waals surface area contributed by atoms with Gasteiger partial charge in [-0.1, -0.05) is 182 Å². The fourth-order valence-corrected chi connectivity index (χ4v) is 9.32. The van der Waals surface area contributed by atoms with Crippen LogP contribution in [0.3, 0.4) is 0 Å². The normalized spacial score (nSPS) is 15.9. The molecule has 2 heterocycles. The number of dihydropyridines is 1. The van der Waals surface area contributed by atoms with Crippen LogP contribution in [0.2, 0.25) is 0 Å². The highest BCUT2D eigenvalue weighted by atomic mass is 15.0. The monoisotopic (exact) mass is 700 g/mol. The average molecular weight is 701 g/mol. The van der Waals surface area contributed by atoms with Gasteiger partial charge in [0.15, 0.2) is 0 Å². The Morgan fingerprint density at radius 1 is 0.473 bits per heavy atom. The molecule has 8 aromatic rings. The van der Waals surface area contributed by atoms with Gasteiger partial charge in [0.25, 0.3) is 0 Å². The van der Waals surface area contributed by atoms with E-state index < -0.39 is 5.41 Å². The Morgan fingerprint density at radius 2 is 1.15 bits per heavy atom. The van der Waals surface area contributed by atoms with Gasteiger partial charge in [-0.3, -0.25) is 0 Å². The fourth-order valence-electron chi connectivity index (χ4n) is 9.32. The van der Waals surface area contributed by atoms with Crippen molar-refractivity contribution < 1.29 is 0 Å². The molecule has 258 valence electrons. The van der Waals surface area contributed by atoms with Gasteiger partial charge in [-0.05, 0) is 90.7 Å². The highest BCUT2D eigenvalue weighted by Gasteiger charge is 2.46. The first-order chi connectivity index (χ1) is 27.3. The molecular weight excluding hydrogens is 665 g/mol. The highest BCUT2D eigenvalue weighted by Crippen LogP contribution is 2.58. The maximum absolute atomic E-state index is 5.31. The molecule has 1 aromatic heterocycles. The van der Waals surface area contributed by atoms with Crippen LogP contribution in [0, 0.1) is 0 Å². The zero-order valence-corrected chi connectivity index (χ0v) is 30.2. The van der Waals surface area contributed by atoms with Gasteiger partial charge in [0.2, 0.25) is 0 Å². The second-order valence-electron chi connectivity index (χ2n) is 14.7. The summed E-state index contributed by atoms with van der Waals surface area (Å²) in [5.74, 6) is 0. The standard InChI is InChI=1S/C53H36N2/c1-4-16-36(17-5-1)49-31-29-37-27-28-38-30-32-50(55-52(38)51(37)54-49)46-33-45-43-24-12-13-26-47(43)53(39-19-6-2-7-20-39,40-21-8-3-9-22-40)48(45)34-44(46)42-25-14-18-35-15-10-11-23-41(35)42/h1-34,52,55H. The second-order valence-corrected chi connectivity index (χ2v) is 14.7. The molecule has 0 amide bonds. The van der Waals surface area contributed by atoms with Gasteiger partial charge in [-0.15, -0.1) is 0 Å². The van der Waals surface area contributed by atoms with Crippen LogP contribution in [0.5, 0.6) is 0 Å². The molecule has 0 bridgehead atoms. The Labute approximate surface area is 321 Å². The largest absolute Gasteiger partial charge is 0.372 e. The van der Waals surface area contributed by atoms with Crippen molar-refractivity contribution in [3.63, 3.8) is 0 Å². The lowest BCUT2D eigenvalue weighted by Gasteiger charge is -2.35. The third kappa shape index (κ3) is 4.85. The molecule has 1 unspecified atom stereocenters. The van der Waals surface area contributed by atoms with Crippen LogP contribution in [0.4, 0.5) is 0 Å². The van der Waals surface area contributed by atoms with Gasteiger partial charge in [0, 0.05) is 16.8 Å². The molecule has 0 radical (unpaired) electrons. The van der Waals surface area contributed by atoms with E-state index >= 15 is 0 Å². The zero-order valence-electron chi connectivity index (χ0n) is 30.2. The minimum atomic E-state index is -0.501. The number of nitrogens with one attached hydrogen (secondary N) is 1. The second kappa shape index (κ2) is 12.5. The Hall–Kier alpha value is -7.03. The van der Waals surface area contributed by atoms with Crippen LogP contribution >= 0.6 is 0 Å². The van der Waals surface area contributed by atoms with E-state index in [0.717, 1.165) is 28.2 Å². The summed E-state index contributed by atoms with van der Waals surface area (Å²) in [6.45, 7) is 0. The van der Waals surface area contributed by atoms with Crippen molar-refractivity contribution in [3.8, 4) is 33.5 Å². The van der Waals surface area contributed by atoms with Crippen molar-refractivity contribution in [1.29, 1.82) is 0 Å². The van der Waals surface area contributed by atoms with Gasteiger partial charge in [-0.25, -0.2) is 4.98 Å². The summed E-state index contributed by atoms with van der Waals surface area (Å²) < 4.78 is 0. The molecule has 1 N–H and O–H groups in total. The van der Waals surface area contributed by atoms with E-state index in [1.54, 1.807) is 0 Å². The predicted molar refractivity (Wildman–Crippen MR) is 227 cm³/mol. The molecule has 0 saturated carbocycles. The van der Waals surface area contributed by atoms with E-state index in [1.807, 2.05) is 0 Å². The number of pyridine rings is 1. The lowest BCUT2D eigenvalue weighted by molar-refractivity contribution is 0.705. The summed E-state index contributed by atoms with van der Waals surface area (Å²) in [4.78, 5) is 5.31. The SMILES string of the molecule is C1=Cc2ccc(-c3ccccc3)nc2C2NC(c3cc4c(cc3-c3cccc5ccccc35)C(c3ccccc3)(c3ccccc3)c3ccccc3-4)=CC=C12. The number of hydrogen-bond acceptors (Lipinski definition) is 2. The summed E-state index contributed by atoms with van der Waals surface area (Å²) in [6.07, 6.45) is 8.97. The molecule has 2 nitrogen and oxygen atoms in total. The lowest BCUT2D eigenvalue weighted by Crippen LogP contribution is -2.29. The molecule has 1 aliphatic heterocycles. The third-order valence-electron chi connectivity index (χ3n) is 11.8. The molecular formula is C53H36N2. The fraction of sp³-hybridized carbons (Fsp3) is 0.0377. The molecule has 2 heteroatoms. The first-order valence-electron chi connectivity index (χ1n) is 19.1. The van der Waals surface area contributed by atoms with Crippen LogP contribution in [0.15, 0.2) is 206 Å². The number of rotatable bonds is 5. The minimum Gasteiger partial charge on any atom is -0.372 e. The molecule has 1 atom stereocenters. The van der Waals surface area contributed by atoms with Gasteiger partial charge >= 0.3 is 0 Å². The van der Waals surface area contributed by atoms with Crippen LogP contribution in [0.25, 0.3) is 56.1 Å². The molecule has 7 aromatic carbocycles. The third-order valence-corrected chi connectivity index (χ3v) is 11.8. The molecule has 0 saturated heterocycles. The Kier molecular flexibility index (Phi) is 7.18. The van der Waals surface area contributed by atoms with E-state index in [0.29, 0.717) is 0 Å². The van der Waals surface area contributed by atoms with E-state index in [1.165, 1.54) is 66.4 Å². The summed E-state index contributed by atoms with van der Waals surface area (Å²) in [5, 5.41) is 6.50. The Morgan fingerprint density at radius 3 is 1.95 bits per heavy atom. The molecule has 55 heavy (non-hydrogen) atoms. The Bertz CT molecular complexity index is 2840. The van der Waals surface area contributed by atoms with Crippen LogP contribution in [0.1, 0.15) is 45.1 Å².